The fourth-order valence-corrected chi connectivity index (χ4v) is 8.23. The Morgan fingerprint density at radius 2 is 1.13 bits per heavy atom. The van der Waals surface area contributed by atoms with E-state index < -0.39 is 0 Å². The Kier molecular flexibility index (Phi) is 7.29. The molecule has 1 aliphatic carbocycles. The maximum Gasteiger partial charge on any atom is 0.0963 e. The highest BCUT2D eigenvalue weighted by Gasteiger charge is 2.20. The summed E-state index contributed by atoms with van der Waals surface area (Å²) in [7, 11) is 0. The van der Waals surface area contributed by atoms with E-state index >= 15 is 0 Å². The molecule has 4 heteroatoms. The summed E-state index contributed by atoms with van der Waals surface area (Å²) in [6.07, 6.45) is 11.5. The molecule has 0 aliphatic heterocycles. The zero-order valence-corrected chi connectivity index (χ0v) is 29.7. The molecule has 0 saturated heterocycles. The van der Waals surface area contributed by atoms with Gasteiger partial charge >= 0.3 is 0 Å². The molecule has 0 atom stereocenters. The predicted molar refractivity (Wildman–Crippen MR) is 222 cm³/mol. The van der Waals surface area contributed by atoms with Crippen LogP contribution in [0.2, 0.25) is 0 Å². The molecule has 0 fully saturated rings. The molecule has 4 heterocycles. The van der Waals surface area contributed by atoms with Crippen molar-refractivity contribution in [1.82, 2.24) is 19.1 Å². The van der Waals surface area contributed by atoms with E-state index in [-0.39, 0.29) is 0 Å². The maximum atomic E-state index is 4.89. The average Bonchev–Trinajstić information content (AvgIpc) is 3.60. The number of hydrogen-bond acceptors (Lipinski definition) is 2. The van der Waals surface area contributed by atoms with Crippen LogP contribution >= 0.6 is 0 Å². The fraction of sp³-hybridized carbons (Fsp3) is 0.0612. The molecule has 1 aliphatic rings. The zero-order chi connectivity index (χ0) is 35.5. The van der Waals surface area contributed by atoms with Gasteiger partial charge in [0, 0.05) is 34.7 Å². The van der Waals surface area contributed by atoms with Gasteiger partial charge in [-0.1, -0.05) is 84.9 Å². The lowest BCUT2D eigenvalue weighted by atomic mass is 9.95. The van der Waals surface area contributed by atoms with Crippen molar-refractivity contribution in [1.29, 1.82) is 0 Å². The molecule has 0 spiro atoms. The highest BCUT2D eigenvalue weighted by molar-refractivity contribution is 6.08. The Bertz CT molecular complexity index is 2920. The first kappa shape index (κ1) is 31.0. The summed E-state index contributed by atoms with van der Waals surface area (Å²) < 4.78 is 4.71. The largest absolute Gasteiger partial charge is 0.308 e. The number of nitrogens with zero attached hydrogens (tertiary/aromatic N) is 4. The van der Waals surface area contributed by atoms with Gasteiger partial charge in [0.1, 0.15) is 0 Å². The van der Waals surface area contributed by atoms with E-state index in [4.69, 9.17) is 9.97 Å². The normalized spacial score (nSPS) is 12.7. The third kappa shape index (κ3) is 5.14. The molecular weight excluding hydrogens is 645 g/mol. The van der Waals surface area contributed by atoms with Gasteiger partial charge in [-0.2, -0.15) is 0 Å². The maximum absolute atomic E-state index is 4.89. The molecule has 0 N–H and O–H groups in total. The standard InChI is InChI=1S/C49H36N4/c1-32-28-38(52-44-17-9-16-36(34-12-5-3-6-13-34)30-42(44)48-46(52)18-10-26-50-48)21-23-40(32)41-24-22-39(29-33(41)2)53-45-25-20-37(35-14-7-4-8-15-35)31-43(45)49-47(53)19-11-27-51-49/h3-15,17-31H,16H2,1-2H3. The molecule has 5 aromatic carbocycles. The minimum atomic E-state index is 0.875. The molecule has 0 amide bonds. The van der Waals surface area contributed by atoms with Crippen molar-refractivity contribution in [3.63, 3.8) is 0 Å². The zero-order valence-electron chi connectivity index (χ0n) is 29.7. The monoisotopic (exact) mass is 680 g/mol. The Labute approximate surface area is 308 Å². The Hall–Kier alpha value is -6.78. The fourth-order valence-electron chi connectivity index (χ4n) is 8.23. The van der Waals surface area contributed by atoms with Crippen molar-refractivity contribution in [2.75, 3.05) is 0 Å². The second-order valence-electron chi connectivity index (χ2n) is 14.0. The SMILES string of the molecule is Cc1cc(-n2c3c(c4ncccc42)C=C(c2ccccc2)CC=C3)ccc1-c1ccc(-n2c3ccc(-c4ccccc4)cc3c3ncccc32)cc1C. The van der Waals surface area contributed by atoms with Crippen LogP contribution in [0.15, 0.2) is 158 Å². The summed E-state index contributed by atoms with van der Waals surface area (Å²) in [4.78, 5) is 9.74. The van der Waals surface area contributed by atoms with Crippen molar-refractivity contribution in [2.45, 2.75) is 20.3 Å². The van der Waals surface area contributed by atoms with Gasteiger partial charge in [0.15, 0.2) is 0 Å². The minimum Gasteiger partial charge on any atom is -0.308 e. The van der Waals surface area contributed by atoms with Crippen LogP contribution in [0, 0.1) is 13.8 Å². The molecule has 4 aromatic heterocycles. The Morgan fingerprint density at radius 1 is 0.509 bits per heavy atom. The molecule has 53 heavy (non-hydrogen) atoms. The van der Waals surface area contributed by atoms with Crippen LogP contribution in [-0.2, 0) is 0 Å². The van der Waals surface area contributed by atoms with E-state index in [0.29, 0.717) is 0 Å². The van der Waals surface area contributed by atoms with E-state index in [1.807, 2.05) is 24.5 Å². The second-order valence-corrected chi connectivity index (χ2v) is 14.0. The van der Waals surface area contributed by atoms with Gasteiger partial charge < -0.3 is 9.13 Å². The molecule has 0 saturated carbocycles. The predicted octanol–water partition coefficient (Wildman–Crippen LogP) is 12.4. The number of benzene rings is 5. The smallest absolute Gasteiger partial charge is 0.0963 e. The van der Waals surface area contributed by atoms with E-state index in [1.165, 1.54) is 44.5 Å². The van der Waals surface area contributed by atoms with E-state index in [0.717, 1.165) is 62.0 Å². The van der Waals surface area contributed by atoms with Crippen LogP contribution in [0.5, 0.6) is 0 Å². The van der Waals surface area contributed by atoms with Gasteiger partial charge in [0.25, 0.3) is 0 Å². The van der Waals surface area contributed by atoms with Crippen LogP contribution in [0.25, 0.3) is 84.3 Å². The number of hydrogen-bond donors (Lipinski definition) is 0. The summed E-state index contributed by atoms with van der Waals surface area (Å²) in [5.74, 6) is 0. The molecular formula is C49H36N4. The highest BCUT2D eigenvalue weighted by Crippen LogP contribution is 2.39. The minimum absolute atomic E-state index is 0.875. The van der Waals surface area contributed by atoms with E-state index in [2.05, 4.69) is 169 Å². The summed E-state index contributed by atoms with van der Waals surface area (Å²) >= 11 is 0. The van der Waals surface area contributed by atoms with Gasteiger partial charge in [-0.15, -0.1) is 0 Å². The lowest BCUT2D eigenvalue weighted by Gasteiger charge is -2.16. The molecule has 4 nitrogen and oxygen atoms in total. The summed E-state index contributed by atoms with van der Waals surface area (Å²) in [5, 5.41) is 1.15. The van der Waals surface area contributed by atoms with Crippen LogP contribution in [0.4, 0.5) is 0 Å². The van der Waals surface area contributed by atoms with Gasteiger partial charge in [-0.25, -0.2) is 0 Å². The molecule has 252 valence electrons. The Balaban J connectivity index is 1.05. The number of rotatable bonds is 5. The number of fused-ring (bicyclic) bond motifs is 6. The number of allylic oxidation sites excluding steroid dienone is 2. The molecule has 0 bridgehead atoms. The average molecular weight is 681 g/mol. The van der Waals surface area contributed by atoms with Crippen LogP contribution in [0.1, 0.15) is 34.4 Å². The first-order valence-electron chi connectivity index (χ1n) is 18.2. The van der Waals surface area contributed by atoms with Crippen molar-refractivity contribution in [2.24, 2.45) is 0 Å². The number of aryl methyl sites for hydroxylation is 2. The van der Waals surface area contributed by atoms with Crippen molar-refractivity contribution >= 4 is 50.7 Å². The number of aromatic nitrogens is 4. The summed E-state index contributed by atoms with van der Waals surface area (Å²) in [6.45, 7) is 4.44. The summed E-state index contributed by atoms with van der Waals surface area (Å²) in [6, 6.07) is 50.1. The van der Waals surface area contributed by atoms with Gasteiger partial charge in [0.05, 0.1) is 33.3 Å². The van der Waals surface area contributed by atoms with Crippen molar-refractivity contribution < 1.29 is 0 Å². The van der Waals surface area contributed by atoms with Gasteiger partial charge in [0.2, 0.25) is 0 Å². The summed E-state index contributed by atoms with van der Waals surface area (Å²) in [5.41, 5.74) is 19.8. The van der Waals surface area contributed by atoms with Crippen molar-refractivity contribution in [3.05, 3.63) is 186 Å². The molecule has 10 rings (SSSR count). The van der Waals surface area contributed by atoms with Crippen LogP contribution in [0.3, 0.4) is 0 Å². The Morgan fingerprint density at radius 3 is 1.81 bits per heavy atom. The van der Waals surface area contributed by atoms with Crippen molar-refractivity contribution in [3.8, 4) is 33.6 Å². The lowest BCUT2D eigenvalue weighted by Crippen LogP contribution is -1.99. The van der Waals surface area contributed by atoms with E-state index in [9.17, 15) is 0 Å². The quantitative estimate of drug-likeness (QED) is 0.181. The van der Waals surface area contributed by atoms with Crippen LogP contribution in [-0.4, -0.2) is 19.1 Å². The third-order valence-corrected chi connectivity index (χ3v) is 10.7. The lowest BCUT2D eigenvalue weighted by molar-refractivity contribution is 1.10. The third-order valence-electron chi connectivity index (χ3n) is 10.7. The first-order chi connectivity index (χ1) is 26.1. The molecule has 0 radical (unpaired) electrons. The van der Waals surface area contributed by atoms with Gasteiger partial charge in [-0.3, -0.25) is 9.97 Å². The first-order valence-corrected chi connectivity index (χ1v) is 18.2. The van der Waals surface area contributed by atoms with E-state index in [1.54, 1.807) is 0 Å². The van der Waals surface area contributed by atoms with Gasteiger partial charge in [-0.05, 0) is 138 Å². The van der Waals surface area contributed by atoms with Crippen LogP contribution < -0.4 is 0 Å². The topological polar surface area (TPSA) is 35.6 Å². The molecule has 9 aromatic rings. The number of pyridine rings is 2. The highest BCUT2D eigenvalue weighted by atomic mass is 15.0. The second kappa shape index (κ2) is 12.5. The molecule has 0 unspecified atom stereocenters.